The summed E-state index contributed by atoms with van der Waals surface area (Å²) in [5.74, 6) is -0.412. The normalized spacial score (nSPS) is 11.8. The molecule has 1 heterocycles. The number of aryl methyl sites for hydroxylation is 2. The number of hydrogen-bond donors (Lipinski definition) is 1. The van der Waals surface area contributed by atoms with Gasteiger partial charge >= 0.3 is 11.2 Å². The third kappa shape index (κ3) is 3.51. The number of rotatable bonds is 5. The van der Waals surface area contributed by atoms with Crippen LogP contribution < -0.4 is 10.9 Å². The van der Waals surface area contributed by atoms with E-state index in [0.717, 1.165) is 22.6 Å². The summed E-state index contributed by atoms with van der Waals surface area (Å²) in [6, 6.07) is 9.12. The van der Waals surface area contributed by atoms with Gasteiger partial charge in [0.15, 0.2) is 0 Å². The molecule has 1 aromatic heterocycles. The highest BCUT2D eigenvalue weighted by molar-refractivity contribution is 5.93. The number of pyridine rings is 1. The van der Waals surface area contributed by atoms with Crippen molar-refractivity contribution in [3.05, 3.63) is 68.1 Å². The molecule has 1 amide bonds. The van der Waals surface area contributed by atoms with E-state index in [4.69, 9.17) is 0 Å². The lowest BCUT2D eigenvalue weighted by Crippen LogP contribution is -2.33. The van der Waals surface area contributed by atoms with E-state index in [2.05, 4.69) is 5.32 Å². The standard InChI is InChI=1S/C17H19N3O4/c1-4-13-6-8-14(9-7-13)18-16(21)12(3)19-11(2)5-10-15(17(19)22)20(23)24/h5-10,12H,4H2,1-3H3,(H,18,21). The summed E-state index contributed by atoms with van der Waals surface area (Å²) >= 11 is 0. The Balaban J connectivity index is 2.29. The van der Waals surface area contributed by atoms with Crippen LogP contribution in [0.4, 0.5) is 11.4 Å². The minimum atomic E-state index is -0.872. The van der Waals surface area contributed by atoms with E-state index in [1.54, 1.807) is 19.1 Å². The number of benzene rings is 1. The van der Waals surface area contributed by atoms with Gasteiger partial charge in [-0.3, -0.25) is 24.3 Å². The third-order valence-electron chi connectivity index (χ3n) is 3.89. The average molecular weight is 329 g/mol. The van der Waals surface area contributed by atoms with E-state index < -0.39 is 28.1 Å². The number of amides is 1. The van der Waals surface area contributed by atoms with Crippen LogP contribution in [0.15, 0.2) is 41.2 Å². The SMILES string of the molecule is CCc1ccc(NC(=O)C(C)n2c(C)ccc([N+](=O)[O-])c2=O)cc1. The first-order chi connectivity index (χ1) is 11.3. The first kappa shape index (κ1) is 17.4. The number of carbonyl (C=O) groups excluding carboxylic acids is 1. The number of nitro groups is 1. The molecule has 2 aromatic rings. The van der Waals surface area contributed by atoms with E-state index in [0.29, 0.717) is 11.4 Å². The highest BCUT2D eigenvalue weighted by Crippen LogP contribution is 2.15. The fourth-order valence-corrected chi connectivity index (χ4v) is 2.44. The van der Waals surface area contributed by atoms with Gasteiger partial charge in [-0.25, -0.2) is 0 Å². The van der Waals surface area contributed by atoms with Gasteiger partial charge in [0, 0.05) is 17.4 Å². The fraction of sp³-hybridized carbons (Fsp3) is 0.294. The van der Waals surface area contributed by atoms with Crippen LogP contribution in [0.5, 0.6) is 0 Å². The molecule has 1 N–H and O–H groups in total. The Hall–Kier alpha value is -2.96. The largest absolute Gasteiger partial charge is 0.334 e. The summed E-state index contributed by atoms with van der Waals surface area (Å²) in [7, 11) is 0. The molecular weight excluding hydrogens is 310 g/mol. The molecule has 1 atom stereocenters. The maximum atomic E-state index is 12.4. The molecule has 0 spiro atoms. The van der Waals surface area contributed by atoms with Gasteiger partial charge in [-0.05, 0) is 44.0 Å². The van der Waals surface area contributed by atoms with Crippen LogP contribution in [0, 0.1) is 17.0 Å². The summed E-state index contributed by atoms with van der Waals surface area (Å²) in [5.41, 5.74) is 0.901. The average Bonchev–Trinajstić information content (AvgIpc) is 2.55. The van der Waals surface area contributed by atoms with Crippen LogP contribution >= 0.6 is 0 Å². The second-order valence-electron chi connectivity index (χ2n) is 5.51. The van der Waals surface area contributed by atoms with Gasteiger partial charge in [0.05, 0.1) is 4.92 Å². The molecule has 0 saturated heterocycles. The van der Waals surface area contributed by atoms with Gasteiger partial charge in [0.2, 0.25) is 5.91 Å². The Kier molecular flexibility index (Phi) is 5.13. The van der Waals surface area contributed by atoms with Gasteiger partial charge < -0.3 is 5.32 Å². The zero-order valence-electron chi connectivity index (χ0n) is 13.8. The molecule has 0 radical (unpaired) electrons. The third-order valence-corrected chi connectivity index (χ3v) is 3.89. The molecule has 0 fully saturated rings. The van der Waals surface area contributed by atoms with Crippen molar-refractivity contribution in [2.24, 2.45) is 0 Å². The number of nitrogens with zero attached hydrogens (tertiary/aromatic N) is 2. The second kappa shape index (κ2) is 7.08. The van der Waals surface area contributed by atoms with Gasteiger partial charge in [-0.15, -0.1) is 0 Å². The van der Waals surface area contributed by atoms with Gasteiger partial charge in [0.25, 0.3) is 0 Å². The molecule has 126 valence electrons. The number of nitrogens with one attached hydrogen (secondary N) is 1. The number of aromatic nitrogens is 1. The van der Waals surface area contributed by atoms with E-state index in [-0.39, 0.29) is 0 Å². The van der Waals surface area contributed by atoms with Crippen molar-refractivity contribution in [3.63, 3.8) is 0 Å². The van der Waals surface area contributed by atoms with E-state index in [1.807, 2.05) is 19.1 Å². The van der Waals surface area contributed by atoms with Gasteiger partial charge in [-0.2, -0.15) is 0 Å². The highest BCUT2D eigenvalue weighted by atomic mass is 16.6. The second-order valence-corrected chi connectivity index (χ2v) is 5.51. The Morgan fingerprint density at radius 1 is 1.25 bits per heavy atom. The van der Waals surface area contributed by atoms with E-state index in [1.165, 1.54) is 13.0 Å². The molecule has 1 unspecified atom stereocenters. The Morgan fingerprint density at radius 2 is 1.88 bits per heavy atom. The molecule has 7 nitrogen and oxygen atoms in total. The van der Waals surface area contributed by atoms with Crippen LogP contribution in [0.25, 0.3) is 0 Å². The molecule has 24 heavy (non-hydrogen) atoms. The molecule has 2 rings (SSSR count). The lowest BCUT2D eigenvalue weighted by Gasteiger charge is -2.17. The van der Waals surface area contributed by atoms with Crippen LogP contribution in [0.3, 0.4) is 0 Å². The number of carbonyl (C=O) groups is 1. The molecule has 1 aromatic carbocycles. The van der Waals surface area contributed by atoms with Gasteiger partial charge in [-0.1, -0.05) is 19.1 Å². The molecule has 0 aliphatic carbocycles. The van der Waals surface area contributed by atoms with Crippen molar-refractivity contribution in [1.82, 2.24) is 4.57 Å². The van der Waals surface area contributed by atoms with E-state index >= 15 is 0 Å². The fourth-order valence-electron chi connectivity index (χ4n) is 2.44. The summed E-state index contributed by atoms with van der Waals surface area (Å²) in [6.45, 7) is 5.20. The van der Waals surface area contributed by atoms with Crippen LogP contribution in [0.2, 0.25) is 0 Å². The minimum absolute atomic E-state index is 0.412. The van der Waals surface area contributed by atoms with Gasteiger partial charge in [0.1, 0.15) is 6.04 Å². The van der Waals surface area contributed by atoms with E-state index in [9.17, 15) is 19.7 Å². The number of anilines is 1. The van der Waals surface area contributed by atoms with Crippen molar-refractivity contribution >= 4 is 17.3 Å². The summed E-state index contributed by atoms with van der Waals surface area (Å²) in [6.07, 6.45) is 0.896. The smallest absolute Gasteiger partial charge is 0.324 e. The highest BCUT2D eigenvalue weighted by Gasteiger charge is 2.23. The quantitative estimate of drug-likeness (QED) is 0.674. The molecule has 0 bridgehead atoms. The van der Waals surface area contributed by atoms with Crippen molar-refractivity contribution < 1.29 is 9.72 Å². The summed E-state index contributed by atoms with van der Waals surface area (Å²) in [4.78, 5) is 34.8. The maximum Gasteiger partial charge on any atom is 0.334 e. The van der Waals surface area contributed by atoms with Crippen LogP contribution in [-0.2, 0) is 11.2 Å². The van der Waals surface area contributed by atoms with Crippen LogP contribution in [0.1, 0.15) is 31.1 Å². The first-order valence-corrected chi connectivity index (χ1v) is 7.61. The van der Waals surface area contributed by atoms with Crippen LogP contribution in [-0.4, -0.2) is 15.4 Å². The number of hydrogen-bond acceptors (Lipinski definition) is 4. The predicted molar refractivity (Wildman–Crippen MR) is 91.3 cm³/mol. The van der Waals surface area contributed by atoms with Crippen molar-refractivity contribution in [2.45, 2.75) is 33.2 Å². The lowest BCUT2D eigenvalue weighted by atomic mass is 10.1. The Labute approximate surface area is 139 Å². The molecule has 0 aliphatic rings. The summed E-state index contributed by atoms with van der Waals surface area (Å²) in [5, 5.41) is 13.6. The minimum Gasteiger partial charge on any atom is -0.324 e. The predicted octanol–water partition coefficient (Wildman–Crippen LogP) is 2.83. The topological polar surface area (TPSA) is 94.2 Å². The van der Waals surface area contributed by atoms with Crippen molar-refractivity contribution in [3.8, 4) is 0 Å². The Bertz CT molecular complexity index is 825. The first-order valence-electron chi connectivity index (χ1n) is 7.61. The molecule has 0 saturated carbocycles. The van der Waals surface area contributed by atoms with Crippen molar-refractivity contribution in [1.29, 1.82) is 0 Å². The molecular formula is C17H19N3O4. The zero-order valence-corrected chi connectivity index (χ0v) is 13.8. The molecule has 7 heteroatoms. The van der Waals surface area contributed by atoms with Crippen molar-refractivity contribution in [2.75, 3.05) is 5.32 Å². The summed E-state index contributed by atoms with van der Waals surface area (Å²) < 4.78 is 1.13. The zero-order chi connectivity index (χ0) is 17.9. The Morgan fingerprint density at radius 3 is 2.42 bits per heavy atom. The monoisotopic (exact) mass is 329 g/mol. The lowest BCUT2D eigenvalue weighted by molar-refractivity contribution is -0.386. The molecule has 0 aliphatic heterocycles. The maximum absolute atomic E-state index is 12.4.